The Bertz CT molecular complexity index is 445. The largest absolute Gasteiger partial charge is 0.493 e. The standard InChI is InChI=1S/C16H27N3O2.2ClH/c1-4-7-15(17)16(20)18-13-8-5-9-14(12-13)21-11-6-10-19(2)3;;/h5,8-9,12,15H,4,6-7,10-11,17H2,1-3H3,(H,18,20);2*1H. The van der Waals surface area contributed by atoms with E-state index >= 15 is 0 Å². The summed E-state index contributed by atoms with van der Waals surface area (Å²) in [7, 11) is 4.07. The number of rotatable bonds is 9. The van der Waals surface area contributed by atoms with Gasteiger partial charge in [0.1, 0.15) is 5.75 Å². The number of carbonyl (C=O) groups is 1. The first-order valence-electron chi connectivity index (χ1n) is 7.47. The van der Waals surface area contributed by atoms with Crippen molar-refractivity contribution in [3.8, 4) is 5.75 Å². The molecule has 1 aromatic rings. The molecule has 1 unspecified atom stereocenters. The molecule has 0 aromatic heterocycles. The van der Waals surface area contributed by atoms with Crippen LogP contribution in [0.15, 0.2) is 24.3 Å². The van der Waals surface area contributed by atoms with Gasteiger partial charge in [-0.3, -0.25) is 4.79 Å². The molecule has 1 aromatic carbocycles. The molecule has 0 radical (unpaired) electrons. The summed E-state index contributed by atoms with van der Waals surface area (Å²) in [6.07, 6.45) is 2.54. The van der Waals surface area contributed by atoms with E-state index in [4.69, 9.17) is 10.5 Å². The van der Waals surface area contributed by atoms with E-state index in [1.807, 2.05) is 45.3 Å². The molecule has 0 bridgehead atoms. The van der Waals surface area contributed by atoms with Gasteiger partial charge in [-0.2, -0.15) is 0 Å². The molecule has 3 N–H and O–H groups in total. The van der Waals surface area contributed by atoms with Crippen LogP contribution < -0.4 is 15.8 Å². The van der Waals surface area contributed by atoms with Crippen LogP contribution in [0.3, 0.4) is 0 Å². The fraction of sp³-hybridized carbons (Fsp3) is 0.562. The SMILES string of the molecule is CCCC(N)C(=O)Nc1cccc(OCCCN(C)C)c1.Cl.Cl. The van der Waals surface area contributed by atoms with Crippen LogP contribution in [0.2, 0.25) is 0 Å². The second-order valence-electron chi connectivity index (χ2n) is 5.42. The van der Waals surface area contributed by atoms with Crippen LogP contribution in [0.4, 0.5) is 5.69 Å². The quantitative estimate of drug-likeness (QED) is 0.660. The summed E-state index contributed by atoms with van der Waals surface area (Å²) < 4.78 is 5.68. The molecule has 0 saturated carbocycles. The lowest BCUT2D eigenvalue weighted by atomic mass is 10.1. The molecule has 1 atom stereocenters. The third-order valence-electron chi connectivity index (χ3n) is 3.06. The van der Waals surface area contributed by atoms with Crippen LogP contribution in [-0.4, -0.2) is 44.1 Å². The monoisotopic (exact) mass is 365 g/mol. The summed E-state index contributed by atoms with van der Waals surface area (Å²) in [5, 5.41) is 2.82. The highest BCUT2D eigenvalue weighted by Crippen LogP contribution is 2.17. The topological polar surface area (TPSA) is 67.6 Å². The van der Waals surface area contributed by atoms with Gasteiger partial charge >= 0.3 is 0 Å². The molecule has 7 heteroatoms. The van der Waals surface area contributed by atoms with Crippen LogP contribution in [0.5, 0.6) is 5.75 Å². The summed E-state index contributed by atoms with van der Waals surface area (Å²) in [6.45, 7) is 3.66. The molecule has 0 saturated heterocycles. The number of halogens is 2. The molecular formula is C16H29Cl2N3O2. The van der Waals surface area contributed by atoms with Gasteiger partial charge in [-0.1, -0.05) is 19.4 Å². The molecule has 0 fully saturated rings. The highest BCUT2D eigenvalue weighted by molar-refractivity contribution is 5.94. The van der Waals surface area contributed by atoms with E-state index in [0.717, 1.165) is 30.8 Å². The van der Waals surface area contributed by atoms with Crippen molar-refractivity contribution in [2.24, 2.45) is 5.73 Å². The van der Waals surface area contributed by atoms with E-state index in [2.05, 4.69) is 10.2 Å². The number of benzene rings is 1. The summed E-state index contributed by atoms with van der Waals surface area (Å²) in [5.41, 5.74) is 6.51. The third kappa shape index (κ3) is 10.4. The van der Waals surface area contributed by atoms with Crippen molar-refractivity contribution in [1.29, 1.82) is 0 Å². The average molecular weight is 366 g/mol. The first-order chi connectivity index (χ1) is 10.0. The Morgan fingerprint density at radius 3 is 2.65 bits per heavy atom. The molecule has 0 aliphatic rings. The van der Waals surface area contributed by atoms with Gasteiger partial charge in [0, 0.05) is 18.3 Å². The molecule has 0 heterocycles. The van der Waals surface area contributed by atoms with Crippen molar-refractivity contribution in [1.82, 2.24) is 4.90 Å². The van der Waals surface area contributed by atoms with Crippen molar-refractivity contribution in [3.05, 3.63) is 24.3 Å². The Labute approximate surface area is 151 Å². The Hall–Kier alpha value is -1.01. The van der Waals surface area contributed by atoms with Gasteiger partial charge in [0.25, 0.3) is 0 Å². The predicted molar refractivity (Wildman–Crippen MR) is 101 cm³/mol. The van der Waals surface area contributed by atoms with Crippen molar-refractivity contribution >= 4 is 36.4 Å². The molecule has 0 aliphatic carbocycles. The van der Waals surface area contributed by atoms with Gasteiger partial charge in [0.15, 0.2) is 0 Å². The fourth-order valence-corrected chi connectivity index (χ4v) is 1.91. The van der Waals surface area contributed by atoms with Crippen LogP contribution in [0, 0.1) is 0 Å². The Morgan fingerprint density at radius 2 is 2.04 bits per heavy atom. The number of ether oxygens (including phenoxy) is 1. The molecule has 0 spiro atoms. The maximum atomic E-state index is 11.9. The Kier molecular flexibility index (Phi) is 14.2. The lowest BCUT2D eigenvalue weighted by Crippen LogP contribution is -2.35. The zero-order valence-electron chi connectivity index (χ0n) is 14.1. The van der Waals surface area contributed by atoms with Crippen LogP contribution in [0.1, 0.15) is 26.2 Å². The number of nitrogens with zero attached hydrogens (tertiary/aromatic N) is 1. The van der Waals surface area contributed by atoms with Crippen molar-refractivity contribution < 1.29 is 9.53 Å². The van der Waals surface area contributed by atoms with Gasteiger partial charge < -0.3 is 20.7 Å². The second-order valence-corrected chi connectivity index (χ2v) is 5.42. The van der Waals surface area contributed by atoms with E-state index in [1.165, 1.54) is 0 Å². The number of nitrogens with two attached hydrogens (primary N) is 1. The predicted octanol–water partition coefficient (Wildman–Crippen LogP) is 2.93. The molecule has 1 amide bonds. The minimum atomic E-state index is -0.459. The third-order valence-corrected chi connectivity index (χ3v) is 3.06. The first kappa shape index (κ1) is 24.2. The summed E-state index contributed by atoms with van der Waals surface area (Å²) in [6, 6.07) is 6.95. The van der Waals surface area contributed by atoms with Gasteiger partial charge in [-0.15, -0.1) is 24.8 Å². The summed E-state index contributed by atoms with van der Waals surface area (Å²) in [5.74, 6) is 0.609. The highest BCUT2D eigenvalue weighted by atomic mass is 35.5. The lowest BCUT2D eigenvalue weighted by Gasteiger charge is -2.13. The number of hydrogen-bond acceptors (Lipinski definition) is 4. The van der Waals surface area contributed by atoms with E-state index in [0.29, 0.717) is 13.0 Å². The molecule has 23 heavy (non-hydrogen) atoms. The maximum Gasteiger partial charge on any atom is 0.241 e. The zero-order valence-corrected chi connectivity index (χ0v) is 15.7. The van der Waals surface area contributed by atoms with E-state index in [9.17, 15) is 4.79 Å². The minimum absolute atomic E-state index is 0. The first-order valence-corrected chi connectivity index (χ1v) is 7.47. The van der Waals surface area contributed by atoms with Crippen LogP contribution >= 0.6 is 24.8 Å². The lowest BCUT2D eigenvalue weighted by molar-refractivity contribution is -0.117. The van der Waals surface area contributed by atoms with Gasteiger partial charge in [-0.05, 0) is 39.1 Å². The van der Waals surface area contributed by atoms with Crippen LogP contribution in [-0.2, 0) is 4.79 Å². The fourth-order valence-electron chi connectivity index (χ4n) is 1.91. The molecule has 134 valence electrons. The van der Waals surface area contributed by atoms with Gasteiger partial charge in [0.2, 0.25) is 5.91 Å². The number of hydrogen-bond donors (Lipinski definition) is 2. The second kappa shape index (κ2) is 13.4. The molecule has 1 rings (SSSR count). The number of carbonyl (C=O) groups excluding carboxylic acids is 1. The number of amides is 1. The number of nitrogens with one attached hydrogen (secondary N) is 1. The summed E-state index contributed by atoms with van der Waals surface area (Å²) >= 11 is 0. The highest BCUT2D eigenvalue weighted by Gasteiger charge is 2.12. The van der Waals surface area contributed by atoms with Gasteiger partial charge in [-0.25, -0.2) is 0 Å². The molecule has 0 aliphatic heterocycles. The Morgan fingerprint density at radius 1 is 1.35 bits per heavy atom. The van der Waals surface area contributed by atoms with E-state index in [1.54, 1.807) is 0 Å². The van der Waals surface area contributed by atoms with E-state index in [-0.39, 0.29) is 30.7 Å². The smallest absolute Gasteiger partial charge is 0.241 e. The Balaban J connectivity index is 0. The summed E-state index contributed by atoms with van der Waals surface area (Å²) in [4.78, 5) is 14.0. The van der Waals surface area contributed by atoms with Gasteiger partial charge in [0.05, 0.1) is 12.6 Å². The minimum Gasteiger partial charge on any atom is -0.493 e. The average Bonchev–Trinajstić information content (AvgIpc) is 2.44. The number of anilines is 1. The van der Waals surface area contributed by atoms with Crippen molar-refractivity contribution in [2.75, 3.05) is 32.6 Å². The normalized spacial score (nSPS) is 11.2. The maximum absolute atomic E-state index is 11.9. The van der Waals surface area contributed by atoms with E-state index < -0.39 is 6.04 Å². The van der Waals surface area contributed by atoms with Crippen LogP contribution in [0.25, 0.3) is 0 Å². The zero-order chi connectivity index (χ0) is 15.7. The van der Waals surface area contributed by atoms with Crippen molar-refractivity contribution in [3.63, 3.8) is 0 Å². The molecule has 5 nitrogen and oxygen atoms in total. The van der Waals surface area contributed by atoms with Crippen molar-refractivity contribution in [2.45, 2.75) is 32.2 Å². The molecular weight excluding hydrogens is 337 g/mol.